The predicted molar refractivity (Wildman–Crippen MR) is 96.5 cm³/mol. The minimum atomic E-state index is -0.417. The van der Waals surface area contributed by atoms with Crippen molar-refractivity contribution in [3.63, 3.8) is 0 Å². The monoisotopic (exact) mass is 363 g/mol. The molecule has 0 saturated carbocycles. The number of likely N-dealkylation sites (tertiary alicyclic amines) is 2. The molecule has 8 nitrogen and oxygen atoms in total. The Labute approximate surface area is 154 Å². The fourth-order valence-corrected chi connectivity index (χ4v) is 4.35. The normalized spacial score (nSPS) is 26.4. The van der Waals surface area contributed by atoms with Gasteiger partial charge in [0.2, 0.25) is 11.8 Å². The summed E-state index contributed by atoms with van der Waals surface area (Å²) in [6, 6.07) is 0.0504. The van der Waals surface area contributed by atoms with Crippen molar-refractivity contribution in [3.05, 3.63) is 18.2 Å². The van der Waals surface area contributed by atoms with E-state index in [1.165, 1.54) is 7.11 Å². The summed E-state index contributed by atoms with van der Waals surface area (Å²) in [7, 11) is 3.59. The van der Waals surface area contributed by atoms with Crippen molar-refractivity contribution in [1.29, 1.82) is 0 Å². The summed E-state index contributed by atoms with van der Waals surface area (Å²) >= 11 is 0. The van der Waals surface area contributed by atoms with Crippen molar-refractivity contribution in [2.75, 3.05) is 46.9 Å². The van der Waals surface area contributed by atoms with Gasteiger partial charge in [-0.1, -0.05) is 0 Å². The third-order valence-electron chi connectivity index (χ3n) is 5.80. The number of piperidine rings is 2. The fraction of sp³-hybridized carbons (Fsp3) is 0.722. The van der Waals surface area contributed by atoms with Crippen LogP contribution in [0.25, 0.3) is 0 Å². The van der Waals surface area contributed by atoms with E-state index in [2.05, 4.69) is 27.2 Å². The standard InChI is InChI=1S/C18H29N5O3/c1-22-10-3-5-18(17(25)21-7-4-15-19-8-9-20-15)6-11-23(12-14(18)22)16(24)13-26-2/h8-9,14H,3-7,10-13H2,1-2H3,(H,19,20)(H,21,25)/t14-,18+/m0/s1. The Balaban J connectivity index is 1.66. The first-order valence-electron chi connectivity index (χ1n) is 9.30. The van der Waals surface area contributed by atoms with Gasteiger partial charge in [-0.3, -0.25) is 9.59 Å². The average molecular weight is 363 g/mol. The van der Waals surface area contributed by atoms with Gasteiger partial charge in [0.15, 0.2) is 0 Å². The van der Waals surface area contributed by atoms with Crippen LogP contribution in [0.3, 0.4) is 0 Å². The number of aromatic nitrogens is 2. The quantitative estimate of drug-likeness (QED) is 0.744. The van der Waals surface area contributed by atoms with Gasteiger partial charge in [0.05, 0.1) is 5.41 Å². The Kier molecular flexibility index (Phi) is 5.93. The van der Waals surface area contributed by atoms with E-state index in [9.17, 15) is 9.59 Å². The first-order chi connectivity index (χ1) is 12.6. The summed E-state index contributed by atoms with van der Waals surface area (Å²) in [5, 5.41) is 3.12. The third kappa shape index (κ3) is 3.76. The number of nitrogens with one attached hydrogen (secondary N) is 2. The summed E-state index contributed by atoms with van der Waals surface area (Å²) in [6.45, 7) is 2.82. The molecule has 144 valence electrons. The molecule has 0 aliphatic carbocycles. The number of H-pyrrole nitrogens is 1. The zero-order valence-electron chi connectivity index (χ0n) is 15.7. The van der Waals surface area contributed by atoms with E-state index in [-0.39, 0.29) is 24.5 Å². The second kappa shape index (κ2) is 8.18. The number of nitrogens with zero attached hydrogens (tertiary/aromatic N) is 3. The predicted octanol–water partition coefficient (Wildman–Crippen LogP) is 0.0277. The van der Waals surface area contributed by atoms with Gasteiger partial charge in [-0.2, -0.15) is 0 Å². The van der Waals surface area contributed by atoms with Gasteiger partial charge >= 0.3 is 0 Å². The van der Waals surface area contributed by atoms with Gasteiger partial charge in [-0.05, 0) is 32.9 Å². The molecule has 0 unspecified atom stereocenters. The topological polar surface area (TPSA) is 90.6 Å². The summed E-state index contributed by atoms with van der Waals surface area (Å²) in [5.74, 6) is 0.984. The molecule has 1 aromatic rings. The van der Waals surface area contributed by atoms with E-state index >= 15 is 0 Å². The molecule has 0 aromatic carbocycles. The SMILES string of the molecule is COCC(=O)N1CC[C@]2(C(=O)NCCc3ncc[nH]3)CCCN(C)[C@H]2C1. The van der Waals surface area contributed by atoms with Crippen molar-refractivity contribution in [2.24, 2.45) is 5.41 Å². The maximum absolute atomic E-state index is 13.1. The number of amides is 2. The molecule has 2 atom stereocenters. The van der Waals surface area contributed by atoms with E-state index < -0.39 is 5.41 Å². The molecule has 0 spiro atoms. The summed E-state index contributed by atoms with van der Waals surface area (Å²) < 4.78 is 4.99. The molecule has 2 fully saturated rings. The smallest absolute Gasteiger partial charge is 0.248 e. The van der Waals surface area contributed by atoms with Gasteiger partial charge in [0.25, 0.3) is 0 Å². The molecular weight excluding hydrogens is 334 g/mol. The molecular formula is C18H29N5O3. The van der Waals surface area contributed by atoms with Crippen LogP contribution in [-0.4, -0.2) is 84.6 Å². The molecule has 2 N–H and O–H groups in total. The molecule has 1 aromatic heterocycles. The maximum Gasteiger partial charge on any atom is 0.248 e. The van der Waals surface area contributed by atoms with Crippen LogP contribution in [0.4, 0.5) is 0 Å². The number of carbonyl (C=O) groups is 2. The van der Waals surface area contributed by atoms with Crippen molar-refractivity contribution in [3.8, 4) is 0 Å². The number of ether oxygens (including phenoxy) is 1. The molecule has 2 saturated heterocycles. The maximum atomic E-state index is 13.1. The highest BCUT2D eigenvalue weighted by molar-refractivity contribution is 5.85. The van der Waals surface area contributed by atoms with Crippen LogP contribution in [0.2, 0.25) is 0 Å². The minimum absolute atomic E-state index is 0.00157. The largest absolute Gasteiger partial charge is 0.375 e. The highest BCUT2D eigenvalue weighted by Gasteiger charge is 2.52. The van der Waals surface area contributed by atoms with Gasteiger partial charge in [0.1, 0.15) is 12.4 Å². The number of hydrogen-bond acceptors (Lipinski definition) is 5. The van der Waals surface area contributed by atoms with Crippen LogP contribution < -0.4 is 5.32 Å². The summed E-state index contributed by atoms with van der Waals surface area (Å²) in [5.41, 5.74) is -0.417. The van der Waals surface area contributed by atoms with Crippen LogP contribution in [0.5, 0.6) is 0 Å². The molecule has 2 aliphatic rings. The van der Waals surface area contributed by atoms with Gasteiger partial charge in [0, 0.05) is 51.6 Å². The number of hydrogen-bond donors (Lipinski definition) is 2. The molecule has 3 heterocycles. The number of aromatic amines is 1. The van der Waals surface area contributed by atoms with Gasteiger partial charge < -0.3 is 24.8 Å². The Hall–Kier alpha value is -1.93. The Morgan fingerprint density at radius 3 is 3.00 bits per heavy atom. The highest BCUT2D eigenvalue weighted by atomic mass is 16.5. The van der Waals surface area contributed by atoms with Crippen molar-refractivity contribution >= 4 is 11.8 Å². The zero-order valence-corrected chi connectivity index (χ0v) is 15.7. The van der Waals surface area contributed by atoms with Crippen LogP contribution >= 0.6 is 0 Å². The van der Waals surface area contributed by atoms with Crippen LogP contribution in [0, 0.1) is 5.41 Å². The molecule has 26 heavy (non-hydrogen) atoms. The van der Waals surface area contributed by atoms with Gasteiger partial charge in [-0.25, -0.2) is 4.98 Å². The second-order valence-electron chi connectivity index (χ2n) is 7.32. The number of imidazole rings is 1. The molecule has 3 rings (SSSR count). The lowest BCUT2D eigenvalue weighted by atomic mass is 9.67. The number of rotatable bonds is 6. The molecule has 2 aliphatic heterocycles. The van der Waals surface area contributed by atoms with E-state index in [4.69, 9.17) is 4.74 Å². The van der Waals surface area contributed by atoms with Crippen LogP contribution in [-0.2, 0) is 20.7 Å². The Morgan fingerprint density at radius 1 is 1.42 bits per heavy atom. The first-order valence-corrected chi connectivity index (χ1v) is 9.30. The lowest BCUT2D eigenvalue weighted by Crippen LogP contribution is -2.65. The van der Waals surface area contributed by atoms with Crippen LogP contribution in [0.1, 0.15) is 25.1 Å². The molecule has 2 amide bonds. The Morgan fingerprint density at radius 2 is 2.27 bits per heavy atom. The first kappa shape index (κ1) is 18.8. The second-order valence-corrected chi connectivity index (χ2v) is 7.32. The molecule has 0 bridgehead atoms. The van der Waals surface area contributed by atoms with E-state index in [1.807, 2.05) is 4.90 Å². The van der Waals surface area contributed by atoms with E-state index in [0.29, 0.717) is 32.5 Å². The summed E-state index contributed by atoms with van der Waals surface area (Å²) in [6.07, 6.45) is 6.77. The van der Waals surface area contributed by atoms with Crippen molar-refractivity contribution in [2.45, 2.75) is 31.7 Å². The average Bonchev–Trinajstić information content (AvgIpc) is 3.15. The minimum Gasteiger partial charge on any atom is -0.375 e. The van der Waals surface area contributed by atoms with E-state index in [1.54, 1.807) is 12.4 Å². The number of fused-ring (bicyclic) bond motifs is 1. The Bertz CT molecular complexity index is 620. The van der Waals surface area contributed by atoms with Gasteiger partial charge in [-0.15, -0.1) is 0 Å². The lowest BCUT2D eigenvalue weighted by Gasteiger charge is -2.53. The molecule has 0 radical (unpaired) electrons. The lowest BCUT2D eigenvalue weighted by molar-refractivity contribution is -0.152. The summed E-state index contributed by atoms with van der Waals surface area (Å²) in [4.78, 5) is 36.7. The fourth-order valence-electron chi connectivity index (χ4n) is 4.35. The number of likely N-dealkylation sites (N-methyl/N-ethyl adjacent to an activating group) is 1. The molecule has 8 heteroatoms. The van der Waals surface area contributed by atoms with Crippen molar-refractivity contribution < 1.29 is 14.3 Å². The number of carbonyl (C=O) groups excluding carboxylic acids is 2. The number of methoxy groups -OCH3 is 1. The van der Waals surface area contributed by atoms with Crippen molar-refractivity contribution in [1.82, 2.24) is 25.1 Å². The highest BCUT2D eigenvalue weighted by Crippen LogP contribution is 2.42. The van der Waals surface area contributed by atoms with E-state index in [0.717, 1.165) is 25.2 Å². The van der Waals surface area contributed by atoms with Crippen LogP contribution in [0.15, 0.2) is 12.4 Å². The zero-order chi connectivity index (χ0) is 18.6. The third-order valence-corrected chi connectivity index (χ3v) is 5.80.